The summed E-state index contributed by atoms with van der Waals surface area (Å²) in [5.74, 6) is 3.49. The minimum Gasteiger partial charge on any atom is -0.338 e. The zero-order valence-corrected chi connectivity index (χ0v) is 17.8. The molecule has 3 saturated carbocycles. The lowest BCUT2D eigenvalue weighted by Crippen LogP contribution is -2.59. The Bertz CT molecular complexity index is 667. The molecule has 3 aliphatic carbocycles. The first-order valence-corrected chi connectivity index (χ1v) is 11.2. The zero-order chi connectivity index (χ0) is 19.6. The molecule has 0 radical (unpaired) electrons. The minimum absolute atomic E-state index is 0.104. The lowest BCUT2D eigenvalue weighted by Gasteiger charge is -2.60. The topological polar surface area (TPSA) is 37.4 Å². The number of nitrogens with zero attached hydrogens (tertiary/aromatic N) is 1. The first-order valence-electron chi connectivity index (χ1n) is 11.2. The summed E-state index contributed by atoms with van der Waals surface area (Å²) < 4.78 is 0. The minimum atomic E-state index is 0.104. The maximum Gasteiger partial charge on any atom is 0.246 e. The molecule has 1 aliphatic heterocycles. The van der Waals surface area contributed by atoms with Crippen molar-refractivity contribution in [2.45, 2.75) is 78.7 Å². The number of carbonyl (C=O) groups excluding carboxylic acids is 2. The molecule has 27 heavy (non-hydrogen) atoms. The third-order valence-corrected chi connectivity index (χ3v) is 9.13. The van der Waals surface area contributed by atoms with Crippen LogP contribution in [0.3, 0.4) is 0 Å². The Morgan fingerprint density at radius 2 is 1.89 bits per heavy atom. The van der Waals surface area contributed by atoms with Gasteiger partial charge in [-0.15, -0.1) is 0 Å². The molecule has 3 fully saturated rings. The molecule has 0 aromatic carbocycles. The van der Waals surface area contributed by atoms with Crippen LogP contribution in [0.2, 0.25) is 0 Å². The number of rotatable bonds is 3. The van der Waals surface area contributed by atoms with Crippen molar-refractivity contribution in [3.8, 4) is 0 Å². The lowest BCUT2D eigenvalue weighted by molar-refractivity contribution is -0.141. The lowest BCUT2D eigenvalue weighted by atomic mass is 9.47. The highest BCUT2D eigenvalue weighted by molar-refractivity contribution is 5.89. The van der Waals surface area contributed by atoms with Gasteiger partial charge in [0.2, 0.25) is 5.91 Å². The summed E-state index contributed by atoms with van der Waals surface area (Å²) in [5.41, 5.74) is 0.309. The van der Waals surface area contributed by atoms with Gasteiger partial charge in [0.15, 0.2) is 0 Å². The quantitative estimate of drug-likeness (QED) is 0.710. The second-order valence-electron chi connectivity index (χ2n) is 10.9. The van der Waals surface area contributed by atoms with Crippen LogP contribution < -0.4 is 0 Å². The average molecular weight is 372 g/mol. The Hall–Kier alpha value is -1.12. The van der Waals surface area contributed by atoms with Crippen molar-refractivity contribution in [3.05, 3.63) is 12.2 Å². The van der Waals surface area contributed by atoms with Gasteiger partial charge in [-0.05, 0) is 73.7 Å². The Morgan fingerprint density at radius 1 is 1.15 bits per heavy atom. The third kappa shape index (κ3) is 2.75. The standard InChI is InChI=1S/C24H37NO2/c1-15(2)14-20(26)19-8-7-17-16-6-9-21-24(4,13-11-22(27)25(21)5)18(16)10-12-23(17,19)3/h11,13,15-19,21H,6-10,12,14H2,1-5H3/t16-,17-,18-,19+,21+,23-,24+/m0/s1. The number of hydrogen-bond acceptors (Lipinski definition) is 2. The van der Waals surface area contributed by atoms with E-state index in [-0.39, 0.29) is 22.7 Å². The van der Waals surface area contributed by atoms with Gasteiger partial charge < -0.3 is 4.90 Å². The SMILES string of the molecule is CC(C)CC(=O)[C@H]1CC[C@H]2[C@@H]3CC[C@H]4N(C)C(=O)C=C[C@]4(C)[C@H]3CC[C@]12C. The van der Waals surface area contributed by atoms with Crippen LogP contribution in [-0.2, 0) is 9.59 Å². The average Bonchev–Trinajstić information content (AvgIpc) is 2.95. The van der Waals surface area contributed by atoms with E-state index in [4.69, 9.17) is 0 Å². The van der Waals surface area contributed by atoms with Crippen molar-refractivity contribution in [2.75, 3.05) is 7.05 Å². The van der Waals surface area contributed by atoms with Gasteiger partial charge in [0.25, 0.3) is 0 Å². The van der Waals surface area contributed by atoms with Crippen LogP contribution >= 0.6 is 0 Å². The highest BCUT2D eigenvalue weighted by Crippen LogP contribution is 2.65. The molecule has 0 spiro atoms. The maximum absolute atomic E-state index is 13.0. The fourth-order valence-corrected chi connectivity index (χ4v) is 7.81. The molecular formula is C24H37NO2. The number of hydrogen-bond donors (Lipinski definition) is 0. The number of carbonyl (C=O) groups is 2. The van der Waals surface area contributed by atoms with E-state index in [9.17, 15) is 9.59 Å². The van der Waals surface area contributed by atoms with Crippen molar-refractivity contribution in [1.82, 2.24) is 4.90 Å². The van der Waals surface area contributed by atoms with Crippen LogP contribution in [0.4, 0.5) is 0 Å². The Balaban J connectivity index is 1.60. The third-order valence-electron chi connectivity index (χ3n) is 9.13. The van der Waals surface area contributed by atoms with Crippen LogP contribution in [0.25, 0.3) is 0 Å². The molecule has 1 heterocycles. The Kier molecular flexibility index (Phi) is 4.59. The second kappa shape index (κ2) is 6.46. The van der Waals surface area contributed by atoms with Gasteiger partial charge in [-0.1, -0.05) is 33.8 Å². The number of amides is 1. The van der Waals surface area contributed by atoms with Crippen molar-refractivity contribution in [1.29, 1.82) is 0 Å². The van der Waals surface area contributed by atoms with Gasteiger partial charge in [0.1, 0.15) is 5.78 Å². The smallest absolute Gasteiger partial charge is 0.246 e. The van der Waals surface area contributed by atoms with E-state index in [0.717, 1.165) is 19.3 Å². The summed E-state index contributed by atoms with van der Waals surface area (Å²) in [6.45, 7) is 9.16. The van der Waals surface area contributed by atoms with Gasteiger partial charge in [0, 0.05) is 30.8 Å². The van der Waals surface area contributed by atoms with Gasteiger partial charge in [-0.2, -0.15) is 0 Å². The van der Waals surface area contributed by atoms with E-state index in [2.05, 4.69) is 33.8 Å². The number of fused-ring (bicyclic) bond motifs is 5. The largest absolute Gasteiger partial charge is 0.338 e. The van der Waals surface area contributed by atoms with Crippen molar-refractivity contribution < 1.29 is 9.59 Å². The summed E-state index contributed by atoms with van der Waals surface area (Å²) in [5, 5.41) is 0. The zero-order valence-electron chi connectivity index (χ0n) is 17.8. The van der Waals surface area contributed by atoms with Gasteiger partial charge in [-0.25, -0.2) is 0 Å². The molecule has 7 atom stereocenters. The Morgan fingerprint density at radius 3 is 2.59 bits per heavy atom. The van der Waals surface area contributed by atoms with E-state index in [1.165, 1.54) is 25.7 Å². The first kappa shape index (κ1) is 19.2. The number of Topliss-reactive ketones (excluding diaryl/α,β-unsaturated/α-hetero) is 1. The summed E-state index contributed by atoms with van der Waals surface area (Å²) in [6.07, 6.45) is 11.9. The predicted molar refractivity (Wildman–Crippen MR) is 108 cm³/mol. The van der Waals surface area contributed by atoms with Crippen molar-refractivity contribution in [2.24, 2.45) is 40.4 Å². The van der Waals surface area contributed by atoms with E-state index in [1.54, 1.807) is 0 Å². The summed E-state index contributed by atoms with van der Waals surface area (Å²) in [7, 11) is 1.98. The number of likely N-dealkylation sites (N-methyl/N-ethyl adjacent to an activating group) is 1. The molecule has 0 aromatic rings. The highest BCUT2D eigenvalue weighted by Gasteiger charge is 2.61. The van der Waals surface area contributed by atoms with Crippen LogP contribution in [-0.4, -0.2) is 29.7 Å². The Labute approximate surface area is 165 Å². The van der Waals surface area contributed by atoms with E-state index < -0.39 is 0 Å². The molecular weight excluding hydrogens is 334 g/mol. The molecule has 4 aliphatic rings. The van der Waals surface area contributed by atoms with Crippen LogP contribution in [0, 0.1) is 40.4 Å². The summed E-state index contributed by atoms with van der Waals surface area (Å²) in [6, 6.07) is 0.348. The fraction of sp³-hybridized carbons (Fsp3) is 0.833. The molecule has 0 aromatic heterocycles. The van der Waals surface area contributed by atoms with Crippen molar-refractivity contribution >= 4 is 11.7 Å². The van der Waals surface area contributed by atoms with Crippen LogP contribution in [0.1, 0.15) is 72.6 Å². The van der Waals surface area contributed by atoms with Gasteiger partial charge in [-0.3, -0.25) is 9.59 Å². The molecule has 4 rings (SSSR count). The van der Waals surface area contributed by atoms with Crippen LogP contribution in [0.5, 0.6) is 0 Å². The maximum atomic E-state index is 13.0. The van der Waals surface area contributed by atoms with E-state index in [1.807, 2.05) is 18.0 Å². The molecule has 150 valence electrons. The normalized spacial score (nSPS) is 46.2. The molecule has 3 heteroatoms. The summed E-state index contributed by atoms with van der Waals surface area (Å²) >= 11 is 0. The van der Waals surface area contributed by atoms with Crippen molar-refractivity contribution in [3.63, 3.8) is 0 Å². The van der Waals surface area contributed by atoms with Gasteiger partial charge >= 0.3 is 0 Å². The molecule has 0 N–H and O–H groups in total. The molecule has 3 nitrogen and oxygen atoms in total. The fourth-order valence-electron chi connectivity index (χ4n) is 7.81. The van der Waals surface area contributed by atoms with Crippen LogP contribution in [0.15, 0.2) is 12.2 Å². The number of ketones is 1. The first-order chi connectivity index (χ1) is 12.7. The molecule has 1 amide bonds. The molecule has 0 saturated heterocycles. The van der Waals surface area contributed by atoms with E-state index in [0.29, 0.717) is 35.5 Å². The monoisotopic (exact) mass is 371 g/mol. The highest BCUT2D eigenvalue weighted by atomic mass is 16.2. The van der Waals surface area contributed by atoms with E-state index >= 15 is 0 Å². The molecule has 0 bridgehead atoms. The predicted octanol–water partition coefficient (Wildman–Crippen LogP) is 4.86. The second-order valence-corrected chi connectivity index (χ2v) is 10.9. The molecule has 0 unspecified atom stereocenters. The van der Waals surface area contributed by atoms with Gasteiger partial charge in [0.05, 0.1) is 0 Å². The summed E-state index contributed by atoms with van der Waals surface area (Å²) in [4.78, 5) is 27.2.